The first kappa shape index (κ1) is 21.4. The molecule has 1 aromatic rings. The van der Waals surface area contributed by atoms with Gasteiger partial charge in [0.25, 0.3) is 0 Å². The van der Waals surface area contributed by atoms with E-state index < -0.39 is 0 Å². The summed E-state index contributed by atoms with van der Waals surface area (Å²) in [6.45, 7) is 6.34. The molecule has 1 aromatic carbocycles. The summed E-state index contributed by atoms with van der Waals surface area (Å²) in [6.07, 6.45) is 11.8. The Labute approximate surface area is 160 Å². The van der Waals surface area contributed by atoms with Crippen LogP contribution >= 0.6 is 0 Å². The molecule has 3 nitrogen and oxygen atoms in total. The van der Waals surface area contributed by atoms with Gasteiger partial charge in [0, 0.05) is 13.2 Å². The van der Waals surface area contributed by atoms with E-state index in [9.17, 15) is 0 Å². The highest BCUT2D eigenvalue weighted by molar-refractivity contribution is 5.15. The molecule has 0 spiro atoms. The first-order chi connectivity index (χ1) is 12.8. The maximum atomic E-state index is 9.00. The SMILES string of the molecule is CCN(CCO)CCCCCCOC1CCC(Cc2ccccc2)CC1. The molecule has 0 radical (unpaired) electrons. The molecule has 0 bridgehead atoms. The third-order valence-electron chi connectivity index (χ3n) is 5.75. The van der Waals surface area contributed by atoms with E-state index in [1.165, 1.54) is 63.4 Å². The van der Waals surface area contributed by atoms with Crippen molar-refractivity contribution < 1.29 is 9.84 Å². The second-order valence-electron chi connectivity index (χ2n) is 7.78. The molecule has 0 saturated heterocycles. The second-order valence-corrected chi connectivity index (χ2v) is 7.78. The number of aliphatic hydroxyl groups excluding tert-OH is 1. The van der Waals surface area contributed by atoms with Crippen LogP contribution in [0.2, 0.25) is 0 Å². The van der Waals surface area contributed by atoms with Crippen LogP contribution < -0.4 is 0 Å². The van der Waals surface area contributed by atoms with Crippen LogP contribution in [-0.2, 0) is 11.2 Å². The number of nitrogens with zero attached hydrogens (tertiary/aromatic N) is 1. The third-order valence-corrected chi connectivity index (χ3v) is 5.75. The predicted octanol–water partition coefficient (Wildman–Crippen LogP) is 4.68. The molecule has 0 unspecified atom stereocenters. The lowest BCUT2D eigenvalue weighted by Crippen LogP contribution is -2.27. The lowest BCUT2D eigenvalue weighted by atomic mass is 9.83. The molecule has 1 N–H and O–H groups in total. The summed E-state index contributed by atoms with van der Waals surface area (Å²) in [5, 5.41) is 9.00. The van der Waals surface area contributed by atoms with Crippen LogP contribution in [0.5, 0.6) is 0 Å². The Kier molecular flexibility index (Phi) is 10.9. The molecule has 0 aliphatic heterocycles. The van der Waals surface area contributed by atoms with Gasteiger partial charge in [-0.05, 0) is 69.5 Å². The van der Waals surface area contributed by atoms with Crippen molar-refractivity contribution in [2.45, 2.75) is 70.8 Å². The van der Waals surface area contributed by atoms with E-state index in [4.69, 9.17) is 9.84 Å². The average molecular weight is 362 g/mol. The van der Waals surface area contributed by atoms with Gasteiger partial charge in [0.15, 0.2) is 0 Å². The zero-order valence-corrected chi connectivity index (χ0v) is 16.7. The minimum Gasteiger partial charge on any atom is -0.395 e. The fourth-order valence-electron chi connectivity index (χ4n) is 4.06. The minimum atomic E-state index is 0.273. The first-order valence-corrected chi connectivity index (χ1v) is 10.8. The quantitative estimate of drug-likeness (QED) is 0.518. The molecule has 0 heterocycles. The fourth-order valence-corrected chi connectivity index (χ4v) is 4.06. The Morgan fingerprint density at radius 1 is 0.962 bits per heavy atom. The number of benzene rings is 1. The Balaban J connectivity index is 1.45. The topological polar surface area (TPSA) is 32.7 Å². The summed E-state index contributed by atoms with van der Waals surface area (Å²) in [4.78, 5) is 2.32. The molecule has 1 aliphatic rings. The number of unbranched alkanes of at least 4 members (excludes halogenated alkanes) is 3. The molecular formula is C23H39NO2. The molecule has 1 fully saturated rings. The normalized spacial score (nSPS) is 20.6. The van der Waals surface area contributed by atoms with Crippen molar-refractivity contribution in [3.63, 3.8) is 0 Å². The molecule has 1 saturated carbocycles. The highest BCUT2D eigenvalue weighted by Gasteiger charge is 2.21. The maximum absolute atomic E-state index is 9.00. The third kappa shape index (κ3) is 8.66. The maximum Gasteiger partial charge on any atom is 0.0575 e. The fraction of sp³-hybridized carbons (Fsp3) is 0.739. The van der Waals surface area contributed by atoms with Crippen molar-refractivity contribution in [1.29, 1.82) is 0 Å². The first-order valence-electron chi connectivity index (χ1n) is 10.8. The van der Waals surface area contributed by atoms with Gasteiger partial charge in [0.2, 0.25) is 0 Å². The number of likely N-dealkylation sites (N-methyl/N-ethyl adjacent to an activating group) is 1. The molecule has 148 valence electrons. The number of aliphatic hydroxyl groups is 1. The van der Waals surface area contributed by atoms with Crippen LogP contribution in [0.4, 0.5) is 0 Å². The molecular weight excluding hydrogens is 322 g/mol. The van der Waals surface area contributed by atoms with Crippen LogP contribution in [0.15, 0.2) is 30.3 Å². The van der Waals surface area contributed by atoms with Crippen molar-refractivity contribution in [2.75, 3.05) is 32.8 Å². The average Bonchev–Trinajstić information content (AvgIpc) is 2.68. The number of rotatable bonds is 13. The second kappa shape index (κ2) is 13.3. The molecule has 3 heteroatoms. The van der Waals surface area contributed by atoms with Gasteiger partial charge in [-0.1, -0.05) is 50.1 Å². The standard InChI is InChI=1S/C23H39NO2/c1-2-24(17-18-25)16-8-3-4-9-19-26-23-14-12-22(13-15-23)20-21-10-6-5-7-11-21/h5-7,10-11,22-23,25H,2-4,8-9,12-20H2,1H3. The van der Waals surface area contributed by atoms with Crippen LogP contribution in [-0.4, -0.2) is 49.0 Å². The van der Waals surface area contributed by atoms with Gasteiger partial charge in [-0.25, -0.2) is 0 Å². The van der Waals surface area contributed by atoms with Gasteiger partial charge in [-0.2, -0.15) is 0 Å². The molecule has 0 aromatic heterocycles. The Morgan fingerprint density at radius 3 is 2.38 bits per heavy atom. The number of ether oxygens (including phenoxy) is 1. The van der Waals surface area contributed by atoms with Gasteiger partial charge >= 0.3 is 0 Å². The highest BCUT2D eigenvalue weighted by Crippen LogP contribution is 2.29. The van der Waals surface area contributed by atoms with Crippen molar-refractivity contribution in [3.05, 3.63) is 35.9 Å². The summed E-state index contributed by atoms with van der Waals surface area (Å²) < 4.78 is 6.13. The van der Waals surface area contributed by atoms with Gasteiger partial charge in [0.1, 0.15) is 0 Å². The largest absolute Gasteiger partial charge is 0.395 e. The summed E-state index contributed by atoms with van der Waals surface area (Å²) in [7, 11) is 0. The zero-order chi connectivity index (χ0) is 18.5. The minimum absolute atomic E-state index is 0.273. The van der Waals surface area contributed by atoms with E-state index in [2.05, 4.69) is 42.2 Å². The molecule has 0 amide bonds. The van der Waals surface area contributed by atoms with Crippen molar-refractivity contribution in [1.82, 2.24) is 4.90 Å². The molecule has 0 atom stereocenters. The monoisotopic (exact) mass is 361 g/mol. The van der Waals surface area contributed by atoms with Gasteiger partial charge in [-0.15, -0.1) is 0 Å². The Hall–Kier alpha value is -0.900. The summed E-state index contributed by atoms with van der Waals surface area (Å²) in [5.41, 5.74) is 1.48. The summed E-state index contributed by atoms with van der Waals surface area (Å²) in [6, 6.07) is 10.9. The van der Waals surface area contributed by atoms with Crippen molar-refractivity contribution >= 4 is 0 Å². The van der Waals surface area contributed by atoms with E-state index in [0.717, 1.165) is 32.2 Å². The Morgan fingerprint density at radius 2 is 1.69 bits per heavy atom. The Bertz CT molecular complexity index is 443. The predicted molar refractivity (Wildman–Crippen MR) is 110 cm³/mol. The molecule has 2 rings (SSSR count). The van der Waals surface area contributed by atoms with E-state index >= 15 is 0 Å². The van der Waals surface area contributed by atoms with Crippen LogP contribution in [0, 0.1) is 5.92 Å². The van der Waals surface area contributed by atoms with Gasteiger partial charge in [0.05, 0.1) is 12.7 Å². The summed E-state index contributed by atoms with van der Waals surface area (Å²) >= 11 is 0. The lowest BCUT2D eigenvalue weighted by Gasteiger charge is -2.28. The van der Waals surface area contributed by atoms with E-state index in [0.29, 0.717) is 6.10 Å². The van der Waals surface area contributed by atoms with E-state index in [1.54, 1.807) is 0 Å². The van der Waals surface area contributed by atoms with Crippen LogP contribution in [0.1, 0.15) is 63.9 Å². The van der Waals surface area contributed by atoms with Crippen molar-refractivity contribution in [3.8, 4) is 0 Å². The number of hydrogen-bond donors (Lipinski definition) is 1. The molecule has 26 heavy (non-hydrogen) atoms. The zero-order valence-electron chi connectivity index (χ0n) is 16.7. The van der Waals surface area contributed by atoms with Crippen LogP contribution in [0.25, 0.3) is 0 Å². The van der Waals surface area contributed by atoms with Crippen molar-refractivity contribution in [2.24, 2.45) is 5.92 Å². The molecule has 1 aliphatic carbocycles. The van der Waals surface area contributed by atoms with Gasteiger partial charge in [-0.3, -0.25) is 0 Å². The van der Waals surface area contributed by atoms with E-state index in [1.807, 2.05) is 0 Å². The lowest BCUT2D eigenvalue weighted by molar-refractivity contribution is 0.0161. The smallest absolute Gasteiger partial charge is 0.0575 e. The number of hydrogen-bond acceptors (Lipinski definition) is 3. The van der Waals surface area contributed by atoms with E-state index in [-0.39, 0.29) is 6.61 Å². The summed E-state index contributed by atoms with van der Waals surface area (Å²) in [5.74, 6) is 0.845. The van der Waals surface area contributed by atoms with Gasteiger partial charge < -0.3 is 14.7 Å². The van der Waals surface area contributed by atoms with Crippen LogP contribution in [0.3, 0.4) is 0 Å². The highest BCUT2D eigenvalue weighted by atomic mass is 16.5.